The number of aryl methyl sites for hydroxylation is 2. The maximum Gasteiger partial charge on any atom is 0.255 e. The Bertz CT molecular complexity index is 5040. The molecule has 6 saturated carbocycles. The predicted molar refractivity (Wildman–Crippen MR) is 530 cm³/mol. The van der Waals surface area contributed by atoms with Crippen LogP contribution in [0.2, 0.25) is 25.1 Å². The molecule has 19 heteroatoms. The van der Waals surface area contributed by atoms with Gasteiger partial charge in [0, 0.05) is 49.2 Å². The van der Waals surface area contributed by atoms with Crippen molar-refractivity contribution in [1.29, 1.82) is 5.26 Å². The Kier molecular flexibility index (Phi) is 40.6. The number of amides is 2. The highest BCUT2D eigenvalue weighted by Gasteiger charge is 2.47. The molecular weight excluding hydrogens is 1720 g/mol. The lowest BCUT2D eigenvalue weighted by molar-refractivity contribution is -0.0282. The molecule has 6 aliphatic rings. The number of carbonyl (C=O) groups excluding carboxylic acids is 2. The molecule has 6 fully saturated rings. The van der Waals surface area contributed by atoms with Gasteiger partial charge in [-0.25, -0.2) is 17.6 Å². The fourth-order valence-electron chi connectivity index (χ4n) is 16.9. The normalized spacial score (nSPS) is 16.2. The SMILES string of the molecule is CC(C)C12CCC(C)(CC1)CC2.CC(C)C1CC1.CC(C)c1cc(C(=O)Nc2cccc(C(C)(C)C#N)c2)ccc1Cl.CC(C)c1cc(C(=O)Nc2cccc(C(C)(C)C)c2)ccc1Cl.COc1c(C)c(Cl)c(C(C)C)c(Cl)c1OC.COc1c(F)c(C)c(F)c(C(C)C)c1F.COc1cc(C)c(C2CC2)c(C(C)C)c1Cl.COc1cc(C)c(C2CC2)c(C(C)C)c1F. The van der Waals surface area contributed by atoms with Gasteiger partial charge in [-0.3, -0.25) is 9.59 Å². The quantitative estimate of drug-likeness (QED) is 0.0722. The van der Waals surface area contributed by atoms with Crippen LogP contribution in [-0.2, 0) is 10.8 Å². The van der Waals surface area contributed by atoms with Crippen LogP contribution in [-0.4, -0.2) is 47.4 Å². The highest BCUT2D eigenvalue weighted by Crippen LogP contribution is 2.60. The Labute approximate surface area is 791 Å². The van der Waals surface area contributed by atoms with Crippen LogP contribution in [0.3, 0.4) is 0 Å². The summed E-state index contributed by atoms with van der Waals surface area (Å²) in [4.78, 5) is 25.0. The summed E-state index contributed by atoms with van der Waals surface area (Å²) in [5.41, 5.74) is 16.4. The van der Waals surface area contributed by atoms with Crippen molar-refractivity contribution in [3.63, 3.8) is 0 Å². The van der Waals surface area contributed by atoms with Crippen molar-refractivity contribution in [2.45, 2.75) is 315 Å². The second-order valence-corrected chi connectivity index (χ2v) is 41.7. The molecule has 0 radical (unpaired) electrons. The lowest BCUT2D eigenvalue weighted by Crippen LogP contribution is -2.42. The van der Waals surface area contributed by atoms with Crippen LogP contribution in [0.25, 0.3) is 0 Å². The number of nitrogens with zero attached hydrogens (tertiary/aromatic N) is 1. The fraction of sp³-hybridized carbons (Fsp3) is 0.532. The van der Waals surface area contributed by atoms with Gasteiger partial charge in [0.15, 0.2) is 40.4 Å². The maximum absolute atomic E-state index is 14.2. The zero-order valence-corrected chi connectivity index (χ0v) is 86.1. The monoisotopic (exact) mass is 1860 g/mol. The van der Waals surface area contributed by atoms with Crippen molar-refractivity contribution < 1.29 is 50.8 Å². The first-order valence-electron chi connectivity index (χ1n) is 45.7. The van der Waals surface area contributed by atoms with E-state index in [2.05, 4.69) is 131 Å². The standard InChI is InChI=1S/C20H21ClN2O.C20H24ClNO.C14H19ClO.C14H19FO.C12H16Cl2O2.C12H22.C11H13F3O.C6H12/c1-13(2)17-10-14(8-9-18(17)21)19(24)23-16-7-5-6-15(11-16)20(3,4)12-22;1-13(2)17-11-14(9-10-18(17)21)19(23)22-16-8-6-7-15(12-16)20(3,4)5;2*1-8(2)12-13(10-5-6-10)9(3)7-11(16-4)14(12)15;1-6(2)8-9(13)7(3)11(15-4)12(16-5)10(8)14;1-10(2)12-7-4-11(3,5-8-12)6-9-12;1-5(2)7-8(12)6(3)9(13)11(15-4)10(7)14;1-5(2)6-3-4-6/h5-11,13H,1-4H3,(H,23,24);6-13H,1-5H3,(H,22,23);2*7-8,10H,5-6H2,1-4H3;6H,1-5H3;10H,4-9H2,1-3H3;5H,1-4H3;5-6H,3-4H2,1-2H3. The summed E-state index contributed by atoms with van der Waals surface area (Å²) in [5, 5.41) is 18.5. The van der Waals surface area contributed by atoms with Gasteiger partial charge < -0.3 is 34.3 Å². The predicted octanol–water partition coefficient (Wildman–Crippen LogP) is 34.4. The fourth-order valence-corrected chi connectivity index (χ4v) is 18.9. The average Bonchev–Trinajstić information content (AvgIpc) is 1.62. The van der Waals surface area contributed by atoms with Gasteiger partial charge in [-0.2, -0.15) is 5.26 Å². The first-order valence-corrected chi connectivity index (χ1v) is 47.5. The molecule has 8 aromatic rings. The molecule has 14 rings (SSSR count). The lowest BCUT2D eigenvalue weighted by atomic mass is 9.51. The van der Waals surface area contributed by atoms with Gasteiger partial charge in [-0.15, -0.1) is 0 Å². The third-order valence-corrected chi connectivity index (χ3v) is 27.7. The molecule has 0 aliphatic heterocycles. The summed E-state index contributed by atoms with van der Waals surface area (Å²) in [6.07, 6.45) is 17.1. The van der Waals surface area contributed by atoms with E-state index in [0.717, 1.165) is 91.5 Å². The summed E-state index contributed by atoms with van der Waals surface area (Å²) in [6.45, 7) is 53.5. The van der Waals surface area contributed by atoms with Crippen molar-refractivity contribution >= 4 is 81.2 Å². The molecule has 6 aliphatic carbocycles. The van der Waals surface area contributed by atoms with Gasteiger partial charge in [-0.05, 0) is 334 Å². The van der Waals surface area contributed by atoms with Crippen LogP contribution >= 0.6 is 58.0 Å². The van der Waals surface area contributed by atoms with E-state index in [1.54, 1.807) is 59.4 Å². The minimum atomic E-state index is -0.975. The molecular formula is C109H146Cl5F4N3O7. The minimum Gasteiger partial charge on any atom is -0.495 e. The Hall–Kier alpha value is -7.64. The minimum absolute atomic E-state index is 0.0474. The van der Waals surface area contributed by atoms with Gasteiger partial charge in [0.1, 0.15) is 11.6 Å². The van der Waals surface area contributed by atoms with Crippen molar-refractivity contribution in [3.05, 3.63) is 234 Å². The molecule has 0 spiro atoms. The number of hydrogen-bond acceptors (Lipinski definition) is 8. The number of benzene rings is 8. The molecule has 0 heterocycles. The van der Waals surface area contributed by atoms with Crippen molar-refractivity contribution in [2.24, 2.45) is 28.6 Å². The molecule has 0 saturated heterocycles. The summed E-state index contributed by atoms with van der Waals surface area (Å²) in [6, 6.07) is 32.2. The van der Waals surface area contributed by atoms with Gasteiger partial charge >= 0.3 is 0 Å². The molecule has 10 nitrogen and oxygen atoms in total. The second kappa shape index (κ2) is 47.6. The van der Waals surface area contributed by atoms with Crippen LogP contribution < -0.4 is 34.3 Å². The first kappa shape index (κ1) is 109. The third kappa shape index (κ3) is 28.5. The molecule has 2 bridgehead atoms. The van der Waals surface area contributed by atoms with Gasteiger partial charge in [0.05, 0.1) is 62.1 Å². The molecule has 0 unspecified atom stereocenters. The van der Waals surface area contributed by atoms with Crippen LogP contribution in [0, 0.1) is 90.9 Å². The molecule has 2 N–H and O–H groups in total. The Balaban J connectivity index is 0.000000230. The number of anilines is 2. The van der Waals surface area contributed by atoms with Crippen molar-refractivity contribution in [2.75, 3.05) is 46.2 Å². The van der Waals surface area contributed by atoms with Crippen LogP contribution in [0.15, 0.2) is 97.1 Å². The van der Waals surface area contributed by atoms with E-state index < -0.39 is 28.6 Å². The van der Waals surface area contributed by atoms with Gasteiger partial charge in [0.25, 0.3) is 11.8 Å². The number of nitrogens with one attached hydrogen (secondary N) is 2. The topological polar surface area (TPSA) is 128 Å². The van der Waals surface area contributed by atoms with E-state index in [9.17, 15) is 32.4 Å². The highest BCUT2D eigenvalue weighted by atomic mass is 35.5. The molecule has 0 atom stereocenters. The zero-order valence-electron chi connectivity index (χ0n) is 82.3. The van der Waals surface area contributed by atoms with E-state index in [0.29, 0.717) is 66.0 Å². The largest absolute Gasteiger partial charge is 0.495 e. The number of halogens is 9. The zero-order chi connectivity index (χ0) is 96.4. The lowest BCUT2D eigenvalue weighted by Gasteiger charge is -2.54. The van der Waals surface area contributed by atoms with E-state index in [4.69, 9.17) is 77.0 Å². The van der Waals surface area contributed by atoms with Crippen molar-refractivity contribution in [3.8, 4) is 34.8 Å². The van der Waals surface area contributed by atoms with E-state index in [-0.39, 0.29) is 63.8 Å². The number of hydrogen-bond donors (Lipinski definition) is 2. The van der Waals surface area contributed by atoms with Crippen LogP contribution in [0.4, 0.5) is 28.9 Å². The number of methoxy groups -OCH3 is 5. The summed E-state index contributed by atoms with van der Waals surface area (Å²) < 4.78 is 80.3. The smallest absolute Gasteiger partial charge is 0.255 e. The van der Waals surface area contributed by atoms with E-state index >= 15 is 0 Å². The van der Waals surface area contributed by atoms with E-state index in [1.807, 2.05) is 123 Å². The molecule has 8 aromatic carbocycles. The van der Waals surface area contributed by atoms with Gasteiger partial charge in [-0.1, -0.05) is 221 Å². The molecule has 702 valence electrons. The Morgan fingerprint density at radius 1 is 0.438 bits per heavy atom. The number of nitriles is 1. The van der Waals surface area contributed by atoms with Gasteiger partial charge in [0.2, 0.25) is 0 Å². The molecule has 0 aromatic heterocycles. The second-order valence-electron chi connectivity index (χ2n) is 39.7. The molecule has 2 amide bonds. The van der Waals surface area contributed by atoms with Crippen LogP contribution in [0.5, 0.6) is 28.7 Å². The Morgan fingerprint density at radius 3 is 1.21 bits per heavy atom. The number of carbonyl (C=O) groups is 2. The van der Waals surface area contributed by atoms with Crippen LogP contribution in [0.1, 0.15) is 375 Å². The summed E-state index contributed by atoms with van der Waals surface area (Å²) in [5.74, 6) is 3.96. The maximum atomic E-state index is 14.2. The van der Waals surface area contributed by atoms with E-state index in [1.165, 1.54) is 124 Å². The first-order chi connectivity index (χ1) is 59.8. The third-order valence-electron chi connectivity index (χ3n) is 25.8. The molecule has 128 heavy (non-hydrogen) atoms. The number of ether oxygens (including phenoxy) is 5. The average molecular weight is 1860 g/mol. The summed E-state index contributed by atoms with van der Waals surface area (Å²) >= 11 is 31.4. The number of fused-ring (bicyclic) bond motifs is 3. The number of rotatable bonds is 20. The Morgan fingerprint density at radius 2 is 0.852 bits per heavy atom. The highest BCUT2D eigenvalue weighted by molar-refractivity contribution is 6.38. The van der Waals surface area contributed by atoms with Crippen molar-refractivity contribution in [1.82, 2.24) is 0 Å². The summed E-state index contributed by atoms with van der Waals surface area (Å²) in [7, 11) is 7.51.